The van der Waals surface area contributed by atoms with Crippen molar-refractivity contribution in [1.82, 2.24) is 10.3 Å². The number of carbonyl (C=O) groups excluding carboxylic acids is 2. The highest BCUT2D eigenvalue weighted by Crippen LogP contribution is 2.19. The molecule has 0 radical (unpaired) electrons. The SMILES string of the molecule is COC(=O)[C@H](Cc1c[nH]c2ccccc12)NC(=O)Cc1ccc(C)cc1. The van der Waals surface area contributed by atoms with Gasteiger partial charge in [-0.3, -0.25) is 4.79 Å². The lowest BCUT2D eigenvalue weighted by molar-refractivity contribution is -0.145. The number of nitrogens with one attached hydrogen (secondary N) is 2. The first-order valence-corrected chi connectivity index (χ1v) is 8.54. The zero-order chi connectivity index (χ0) is 18.5. The topological polar surface area (TPSA) is 71.2 Å². The summed E-state index contributed by atoms with van der Waals surface area (Å²) in [7, 11) is 1.33. The molecule has 5 heteroatoms. The van der Waals surface area contributed by atoms with Gasteiger partial charge in [-0.05, 0) is 24.1 Å². The predicted molar refractivity (Wildman–Crippen MR) is 101 cm³/mol. The molecule has 0 aliphatic carbocycles. The van der Waals surface area contributed by atoms with Crippen LogP contribution in [-0.4, -0.2) is 30.0 Å². The molecule has 5 nitrogen and oxygen atoms in total. The standard InChI is InChI=1S/C21H22N2O3/c1-14-7-9-15(10-8-14)11-20(24)23-19(21(25)26-2)12-16-13-22-18-6-4-3-5-17(16)18/h3-10,13,19,22H,11-12H2,1-2H3,(H,23,24)/t19-/m0/s1. The van der Waals surface area contributed by atoms with Crippen LogP contribution in [0.2, 0.25) is 0 Å². The van der Waals surface area contributed by atoms with Crippen LogP contribution in [-0.2, 0) is 27.2 Å². The normalized spacial score (nSPS) is 11.9. The Morgan fingerprint density at radius 3 is 2.58 bits per heavy atom. The molecular formula is C21H22N2O3. The Hall–Kier alpha value is -3.08. The van der Waals surface area contributed by atoms with Gasteiger partial charge in [0.1, 0.15) is 6.04 Å². The van der Waals surface area contributed by atoms with Gasteiger partial charge in [0.25, 0.3) is 0 Å². The summed E-state index contributed by atoms with van der Waals surface area (Å²) in [5, 5.41) is 3.84. The van der Waals surface area contributed by atoms with Gasteiger partial charge in [-0.15, -0.1) is 0 Å². The zero-order valence-corrected chi connectivity index (χ0v) is 14.9. The second kappa shape index (κ2) is 7.87. The number of hydrogen-bond donors (Lipinski definition) is 2. The molecule has 0 saturated heterocycles. The molecule has 3 aromatic rings. The van der Waals surface area contributed by atoms with Crippen molar-refractivity contribution >= 4 is 22.8 Å². The summed E-state index contributed by atoms with van der Waals surface area (Å²) in [4.78, 5) is 27.7. The van der Waals surface area contributed by atoms with Gasteiger partial charge in [-0.25, -0.2) is 4.79 Å². The van der Waals surface area contributed by atoms with Crippen LogP contribution >= 0.6 is 0 Å². The molecule has 0 fully saturated rings. The first kappa shape index (κ1) is 17.7. The molecule has 26 heavy (non-hydrogen) atoms. The van der Waals surface area contributed by atoms with Crippen LogP contribution in [0.1, 0.15) is 16.7 Å². The number of aromatic nitrogens is 1. The number of esters is 1. The van der Waals surface area contributed by atoms with E-state index in [1.54, 1.807) is 0 Å². The van der Waals surface area contributed by atoms with Gasteiger partial charge in [0.2, 0.25) is 5.91 Å². The number of benzene rings is 2. The van der Waals surface area contributed by atoms with Crippen molar-refractivity contribution < 1.29 is 14.3 Å². The third kappa shape index (κ3) is 4.11. The highest BCUT2D eigenvalue weighted by molar-refractivity contribution is 5.88. The third-order valence-electron chi connectivity index (χ3n) is 4.41. The third-order valence-corrected chi connectivity index (χ3v) is 4.41. The van der Waals surface area contributed by atoms with Crippen molar-refractivity contribution in [3.63, 3.8) is 0 Å². The van der Waals surface area contributed by atoms with Crippen LogP contribution in [0.25, 0.3) is 10.9 Å². The maximum Gasteiger partial charge on any atom is 0.328 e. The summed E-state index contributed by atoms with van der Waals surface area (Å²) < 4.78 is 4.88. The number of para-hydroxylation sites is 1. The zero-order valence-electron chi connectivity index (χ0n) is 14.9. The van der Waals surface area contributed by atoms with E-state index in [0.717, 1.165) is 27.6 Å². The molecular weight excluding hydrogens is 328 g/mol. The number of hydrogen-bond acceptors (Lipinski definition) is 3. The molecule has 1 aromatic heterocycles. The minimum absolute atomic E-state index is 0.205. The maximum atomic E-state index is 12.4. The highest BCUT2D eigenvalue weighted by atomic mass is 16.5. The van der Waals surface area contributed by atoms with Crippen LogP contribution in [0.15, 0.2) is 54.7 Å². The number of fused-ring (bicyclic) bond motifs is 1. The quantitative estimate of drug-likeness (QED) is 0.672. The Kier molecular flexibility index (Phi) is 5.37. The second-order valence-electron chi connectivity index (χ2n) is 6.37. The van der Waals surface area contributed by atoms with E-state index in [-0.39, 0.29) is 12.3 Å². The van der Waals surface area contributed by atoms with Crippen molar-refractivity contribution in [2.24, 2.45) is 0 Å². The van der Waals surface area contributed by atoms with Crippen molar-refractivity contribution in [2.75, 3.05) is 7.11 Å². The summed E-state index contributed by atoms with van der Waals surface area (Å²) in [6.45, 7) is 2.00. The largest absolute Gasteiger partial charge is 0.467 e. The Bertz CT molecular complexity index is 912. The number of methoxy groups -OCH3 is 1. The Balaban J connectivity index is 1.72. The lowest BCUT2D eigenvalue weighted by atomic mass is 10.0. The molecule has 1 heterocycles. The summed E-state index contributed by atoms with van der Waals surface area (Å²) in [6, 6.07) is 14.9. The first-order chi connectivity index (χ1) is 12.6. The van der Waals surface area contributed by atoms with Crippen molar-refractivity contribution in [3.05, 3.63) is 71.4 Å². The van der Waals surface area contributed by atoms with Crippen LogP contribution in [0, 0.1) is 6.92 Å². The van der Waals surface area contributed by atoms with Crippen molar-refractivity contribution in [3.8, 4) is 0 Å². The molecule has 0 saturated carbocycles. The number of ether oxygens (including phenoxy) is 1. The van der Waals surface area contributed by atoms with Crippen LogP contribution < -0.4 is 5.32 Å². The highest BCUT2D eigenvalue weighted by Gasteiger charge is 2.23. The van der Waals surface area contributed by atoms with Gasteiger partial charge in [0.15, 0.2) is 0 Å². The molecule has 0 bridgehead atoms. The van der Waals surface area contributed by atoms with E-state index in [0.29, 0.717) is 6.42 Å². The number of rotatable bonds is 6. The average Bonchev–Trinajstić information content (AvgIpc) is 3.05. The second-order valence-corrected chi connectivity index (χ2v) is 6.37. The fraction of sp³-hybridized carbons (Fsp3) is 0.238. The fourth-order valence-corrected chi connectivity index (χ4v) is 2.99. The van der Waals surface area contributed by atoms with Crippen LogP contribution in [0.5, 0.6) is 0 Å². The number of H-pyrrole nitrogens is 1. The van der Waals surface area contributed by atoms with E-state index >= 15 is 0 Å². The Morgan fingerprint density at radius 1 is 1.12 bits per heavy atom. The molecule has 134 valence electrons. The van der Waals surface area contributed by atoms with E-state index < -0.39 is 12.0 Å². The predicted octanol–water partition coefficient (Wildman–Crippen LogP) is 2.92. The molecule has 2 aromatic carbocycles. The van der Waals surface area contributed by atoms with Gasteiger partial charge >= 0.3 is 5.97 Å². The molecule has 0 unspecified atom stereocenters. The minimum Gasteiger partial charge on any atom is -0.467 e. The summed E-state index contributed by atoms with van der Waals surface area (Å²) in [5.41, 5.74) is 4.01. The van der Waals surface area contributed by atoms with E-state index in [1.807, 2.05) is 61.7 Å². The first-order valence-electron chi connectivity index (χ1n) is 8.54. The fourth-order valence-electron chi connectivity index (χ4n) is 2.99. The number of aromatic amines is 1. The summed E-state index contributed by atoms with van der Waals surface area (Å²) >= 11 is 0. The van der Waals surface area contributed by atoms with E-state index in [1.165, 1.54) is 7.11 Å². The summed E-state index contributed by atoms with van der Waals surface area (Å²) in [5.74, 6) is -0.656. The number of carbonyl (C=O) groups is 2. The van der Waals surface area contributed by atoms with Crippen molar-refractivity contribution in [2.45, 2.75) is 25.8 Å². The lowest BCUT2D eigenvalue weighted by Crippen LogP contribution is -2.43. The van der Waals surface area contributed by atoms with Crippen LogP contribution in [0.3, 0.4) is 0 Å². The Labute approximate surface area is 152 Å². The molecule has 1 atom stereocenters. The molecule has 1 amide bonds. The van der Waals surface area contributed by atoms with Crippen molar-refractivity contribution in [1.29, 1.82) is 0 Å². The van der Waals surface area contributed by atoms with Gasteiger partial charge in [-0.2, -0.15) is 0 Å². The Morgan fingerprint density at radius 2 is 1.85 bits per heavy atom. The number of aryl methyl sites for hydroxylation is 1. The molecule has 0 aliphatic heterocycles. The van der Waals surface area contributed by atoms with Gasteiger partial charge in [0, 0.05) is 23.5 Å². The van der Waals surface area contributed by atoms with Gasteiger partial charge in [-0.1, -0.05) is 48.0 Å². The summed E-state index contributed by atoms with van der Waals surface area (Å²) in [6.07, 6.45) is 2.46. The molecule has 0 spiro atoms. The minimum atomic E-state index is -0.725. The molecule has 0 aliphatic rings. The van der Waals surface area contributed by atoms with Crippen LogP contribution in [0.4, 0.5) is 0 Å². The lowest BCUT2D eigenvalue weighted by Gasteiger charge is -2.16. The van der Waals surface area contributed by atoms with E-state index in [4.69, 9.17) is 4.74 Å². The van der Waals surface area contributed by atoms with Gasteiger partial charge < -0.3 is 15.0 Å². The van der Waals surface area contributed by atoms with E-state index in [2.05, 4.69) is 10.3 Å². The molecule has 3 rings (SSSR count). The monoisotopic (exact) mass is 350 g/mol. The van der Waals surface area contributed by atoms with E-state index in [9.17, 15) is 9.59 Å². The maximum absolute atomic E-state index is 12.4. The average molecular weight is 350 g/mol. The smallest absolute Gasteiger partial charge is 0.328 e. The number of amides is 1. The molecule has 2 N–H and O–H groups in total. The van der Waals surface area contributed by atoms with Gasteiger partial charge in [0.05, 0.1) is 13.5 Å².